The van der Waals surface area contributed by atoms with E-state index in [0.29, 0.717) is 17.6 Å². The summed E-state index contributed by atoms with van der Waals surface area (Å²) in [7, 11) is 0. The minimum atomic E-state index is -0.136. The highest BCUT2D eigenvalue weighted by Crippen LogP contribution is 2.22. The summed E-state index contributed by atoms with van der Waals surface area (Å²) in [4.78, 5) is 20.5. The first-order valence-corrected chi connectivity index (χ1v) is 10.2. The van der Waals surface area contributed by atoms with Crippen LogP contribution in [-0.2, 0) is 6.54 Å². The van der Waals surface area contributed by atoms with Crippen molar-refractivity contribution in [2.75, 3.05) is 0 Å². The molecule has 2 amide bonds. The summed E-state index contributed by atoms with van der Waals surface area (Å²) in [5.41, 5.74) is 1.11. The largest absolute Gasteiger partial charge is 0.460 e. The van der Waals surface area contributed by atoms with Crippen LogP contribution in [0.25, 0.3) is 10.8 Å². The fraction of sp³-hybridized carbons (Fsp3) is 0.318. The van der Waals surface area contributed by atoms with Gasteiger partial charge in [0.25, 0.3) is 0 Å². The standard InChI is InChI=1S/C22H23ClN4O2/c23-17-13-25-22(26-14-17)29-19-10-8-18(9-11-19)27-21(28)24-12-16-6-3-5-15-4-1-2-7-20(15)16/h1-7,13-14,18-19H,8-12H2,(H2,24,27,28). The smallest absolute Gasteiger partial charge is 0.316 e. The van der Waals surface area contributed by atoms with Crippen LogP contribution >= 0.6 is 11.6 Å². The Balaban J connectivity index is 1.23. The number of fused-ring (bicyclic) bond motifs is 1. The fourth-order valence-corrected chi connectivity index (χ4v) is 3.79. The van der Waals surface area contributed by atoms with E-state index >= 15 is 0 Å². The van der Waals surface area contributed by atoms with Crippen LogP contribution in [0.2, 0.25) is 5.02 Å². The van der Waals surface area contributed by atoms with Crippen molar-refractivity contribution in [3.63, 3.8) is 0 Å². The van der Waals surface area contributed by atoms with Gasteiger partial charge < -0.3 is 15.4 Å². The summed E-state index contributed by atoms with van der Waals surface area (Å²) in [6.07, 6.45) is 6.53. The number of hydrogen-bond donors (Lipinski definition) is 2. The van der Waals surface area contributed by atoms with Gasteiger partial charge >= 0.3 is 12.0 Å². The Morgan fingerprint density at radius 1 is 1.03 bits per heavy atom. The molecule has 1 heterocycles. The zero-order valence-corrected chi connectivity index (χ0v) is 16.7. The Kier molecular flexibility index (Phi) is 6.10. The van der Waals surface area contributed by atoms with E-state index in [1.165, 1.54) is 17.8 Å². The molecule has 0 aliphatic heterocycles. The minimum Gasteiger partial charge on any atom is -0.460 e. The van der Waals surface area contributed by atoms with E-state index in [1.54, 1.807) is 0 Å². The Morgan fingerprint density at radius 2 is 1.76 bits per heavy atom. The normalized spacial score (nSPS) is 18.9. The summed E-state index contributed by atoms with van der Waals surface area (Å²) < 4.78 is 5.80. The highest BCUT2D eigenvalue weighted by atomic mass is 35.5. The van der Waals surface area contributed by atoms with Gasteiger partial charge in [0.1, 0.15) is 6.10 Å². The minimum absolute atomic E-state index is 0.0629. The van der Waals surface area contributed by atoms with Crippen LogP contribution in [0.3, 0.4) is 0 Å². The fourth-order valence-electron chi connectivity index (χ4n) is 3.69. The van der Waals surface area contributed by atoms with Crippen LogP contribution in [0.5, 0.6) is 6.01 Å². The number of hydrogen-bond acceptors (Lipinski definition) is 4. The van der Waals surface area contributed by atoms with Crippen LogP contribution in [0, 0.1) is 0 Å². The first-order chi connectivity index (χ1) is 14.2. The predicted molar refractivity (Wildman–Crippen MR) is 113 cm³/mol. The van der Waals surface area contributed by atoms with Crippen molar-refractivity contribution >= 4 is 28.4 Å². The molecule has 1 aliphatic rings. The zero-order valence-electron chi connectivity index (χ0n) is 16.0. The van der Waals surface area contributed by atoms with E-state index in [0.717, 1.165) is 36.6 Å². The molecule has 0 bridgehead atoms. The van der Waals surface area contributed by atoms with Crippen molar-refractivity contribution in [2.45, 2.75) is 44.4 Å². The van der Waals surface area contributed by atoms with Gasteiger partial charge in [-0.25, -0.2) is 14.8 Å². The molecule has 1 aromatic heterocycles. The van der Waals surface area contributed by atoms with Gasteiger partial charge in [-0.05, 0) is 42.0 Å². The molecule has 150 valence electrons. The van der Waals surface area contributed by atoms with E-state index in [1.807, 2.05) is 24.3 Å². The molecule has 0 spiro atoms. The van der Waals surface area contributed by atoms with Gasteiger partial charge in [-0.2, -0.15) is 0 Å². The van der Waals surface area contributed by atoms with E-state index in [-0.39, 0.29) is 18.2 Å². The third-order valence-electron chi connectivity index (χ3n) is 5.20. The third kappa shape index (κ3) is 5.15. The molecule has 29 heavy (non-hydrogen) atoms. The molecule has 2 N–H and O–H groups in total. The van der Waals surface area contributed by atoms with E-state index in [9.17, 15) is 4.79 Å². The van der Waals surface area contributed by atoms with Crippen molar-refractivity contribution in [3.05, 3.63) is 65.4 Å². The second kappa shape index (κ2) is 9.09. The van der Waals surface area contributed by atoms with Crippen molar-refractivity contribution in [3.8, 4) is 6.01 Å². The Labute approximate surface area is 174 Å². The van der Waals surface area contributed by atoms with Gasteiger partial charge in [0, 0.05) is 12.6 Å². The number of urea groups is 1. The van der Waals surface area contributed by atoms with Crippen LogP contribution in [0.15, 0.2) is 54.9 Å². The number of benzene rings is 2. The molecule has 0 atom stereocenters. The Morgan fingerprint density at radius 3 is 2.55 bits per heavy atom. The molecule has 2 aromatic carbocycles. The number of carbonyl (C=O) groups is 1. The van der Waals surface area contributed by atoms with Gasteiger partial charge in [-0.15, -0.1) is 0 Å². The number of halogens is 1. The lowest BCUT2D eigenvalue weighted by molar-refractivity contribution is 0.129. The maximum atomic E-state index is 12.3. The second-order valence-electron chi connectivity index (χ2n) is 7.24. The summed E-state index contributed by atoms with van der Waals surface area (Å²) in [6, 6.07) is 14.7. The second-order valence-corrected chi connectivity index (χ2v) is 7.68. The molecule has 1 saturated carbocycles. The Bertz CT molecular complexity index is 967. The highest BCUT2D eigenvalue weighted by Gasteiger charge is 2.24. The Hall–Kier alpha value is -2.86. The number of nitrogens with zero attached hydrogens (tertiary/aromatic N) is 2. The maximum Gasteiger partial charge on any atom is 0.316 e. The van der Waals surface area contributed by atoms with Gasteiger partial charge in [0.2, 0.25) is 0 Å². The number of rotatable bonds is 5. The molecule has 1 aliphatic carbocycles. The quantitative estimate of drug-likeness (QED) is 0.650. The van der Waals surface area contributed by atoms with Gasteiger partial charge in [0.05, 0.1) is 17.4 Å². The number of amides is 2. The van der Waals surface area contributed by atoms with Crippen LogP contribution < -0.4 is 15.4 Å². The molecule has 0 radical (unpaired) electrons. The van der Waals surface area contributed by atoms with Crippen LogP contribution in [-0.4, -0.2) is 28.1 Å². The lowest BCUT2D eigenvalue weighted by atomic mass is 9.93. The summed E-state index contributed by atoms with van der Waals surface area (Å²) in [5.74, 6) is 0. The molecule has 0 unspecified atom stereocenters. The van der Waals surface area contributed by atoms with Crippen molar-refractivity contribution in [1.29, 1.82) is 0 Å². The number of aromatic nitrogens is 2. The lowest BCUT2D eigenvalue weighted by Gasteiger charge is -2.28. The zero-order chi connectivity index (χ0) is 20.1. The van der Waals surface area contributed by atoms with Crippen molar-refractivity contribution in [1.82, 2.24) is 20.6 Å². The predicted octanol–water partition coefficient (Wildman–Crippen LogP) is 4.47. The molecule has 3 aromatic rings. The average molecular weight is 411 g/mol. The first kappa shape index (κ1) is 19.5. The van der Waals surface area contributed by atoms with Gasteiger partial charge in [0.15, 0.2) is 0 Å². The summed E-state index contributed by atoms with van der Waals surface area (Å²) >= 11 is 5.79. The molecule has 4 rings (SSSR count). The van der Waals surface area contributed by atoms with Crippen molar-refractivity contribution in [2.24, 2.45) is 0 Å². The molecule has 7 heteroatoms. The van der Waals surface area contributed by atoms with E-state index in [4.69, 9.17) is 16.3 Å². The molecule has 6 nitrogen and oxygen atoms in total. The maximum absolute atomic E-state index is 12.3. The topological polar surface area (TPSA) is 76.1 Å². The highest BCUT2D eigenvalue weighted by molar-refractivity contribution is 6.30. The van der Waals surface area contributed by atoms with Gasteiger partial charge in [-0.3, -0.25) is 0 Å². The van der Waals surface area contributed by atoms with E-state index in [2.05, 4.69) is 38.8 Å². The SMILES string of the molecule is O=C(NCc1cccc2ccccc12)NC1CCC(Oc2ncc(Cl)cn2)CC1. The van der Waals surface area contributed by atoms with Gasteiger partial charge in [-0.1, -0.05) is 54.1 Å². The number of carbonyl (C=O) groups excluding carboxylic acids is 1. The van der Waals surface area contributed by atoms with Crippen LogP contribution in [0.1, 0.15) is 31.2 Å². The molecule has 0 saturated heterocycles. The van der Waals surface area contributed by atoms with Crippen molar-refractivity contribution < 1.29 is 9.53 Å². The first-order valence-electron chi connectivity index (χ1n) is 9.82. The monoisotopic (exact) mass is 410 g/mol. The van der Waals surface area contributed by atoms with E-state index < -0.39 is 0 Å². The third-order valence-corrected chi connectivity index (χ3v) is 5.39. The lowest BCUT2D eigenvalue weighted by Crippen LogP contribution is -2.44. The number of ether oxygens (including phenoxy) is 1. The summed E-state index contributed by atoms with van der Waals surface area (Å²) in [5, 5.41) is 8.88. The summed E-state index contributed by atoms with van der Waals surface area (Å²) in [6.45, 7) is 0.500. The average Bonchev–Trinajstić information content (AvgIpc) is 2.75. The van der Waals surface area contributed by atoms with Crippen LogP contribution in [0.4, 0.5) is 4.79 Å². The molecule has 1 fully saturated rings. The molecular formula is C22H23ClN4O2. The number of nitrogens with one attached hydrogen (secondary N) is 2. The molecular weight excluding hydrogens is 388 g/mol.